The van der Waals surface area contributed by atoms with Gasteiger partial charge in [0.1, 0.15) is 5.54 Å². The second kappa shape index (κ2) is 6.27. The molecule has 5 nitrogen and oxygen atoms in total. The number of carbonyl (C=O) groups excluding carboxylic acids is 2. The quantitative estimate of drug-likeness (QED) is 0.865. The Hall–Kier alpha value is -2.35. The molecule has 2 atom stereocenters. The van der Waals surface area contributed by atoms with Gasteiger partial charge in [-0.15, -0.1) is 0 Å². The molecule has 126 valence electrons. The predicted molar refractivity (Wildman–Crippen MR) is 90.1 cm³/mol. The number of urea groups is 1. The molecule has 0 bridgehead atoms. The lowest BCUT2D eigenvalue weighted by atomic mass is 9.82. The van der Waals surface area contributed by atoms with Crippen LogP contribution >= 0.6 is 0 Å². The van der Waals surface area contributed by atoms with Crippen LogP contribution in [0.4, 0.5) is 4.79 Å². The van der Waals surface area contributed by atoms with Crippen LogP contribution in [0.2, 0.25) is 0 Å². The maximum atomic E-state index is 13.0. The third kappa shape index (κ3) is 2.56. The summed E-state index contributed by atoms with van der Waals surface area (Å²) in [5, 5.41) is 11.9. The van der Waals surface area contributed by atoms with Crippen LogP contribution < -0.4 is 5.32 Å². The van der Waals surface area contributed by atoms with E-state index in [9.17, 15) is 9.59 Å². The number of imide groups is 1. The first-order valence-electron chi connectivity index (χ1n) is 8.68. The fraction of sp³-hybridized carbons (Fsp3) is 0.526. The van der Waals surface area contributed by atoms with Gasteiger partial charge in [0.15, 0.2) is 0 Å². The third-order valence-corrected chi connectivity index (χ3v) is 5.22. The van der Waals surface area contributed by atoms with Crippen LogP contribution in [0.5, 0.6) is 0 Å². The van der Waals surface area contributed by atoms with E-state index in [2.05, 4.69) is 23.5 Å². The molecule has 1 aliphatic carbocycles. The Morgan fingerprint density at radius 2 is 2.00 bits per heavy atom. The lowest BCUT2D eigenvalue weighted by Crippen LogP contribution is -2.43. The maximum absolute atomic E-state index is 13.0. The lowest BCUT2D eigenvalue weighted by Gasteiger charge is -2.28. The number of carbonyl (C=O) groups is 2. The number of aryl methyl sites for hydroxylation is 2. The first-order valence-corrected chi connectivity index (χ1v) is 8.68. The van der Waals surface area contributed by atoms with Gasteiger partial charge < -0.3 is 5.32 Å². The first kappa shape index (κ1) is 16.5. The minimum absolute atomic E-state index is 0.133. The number of benzene rings is 1. The SMILES string of the molecule is CCC1(c2ccc3c(c2)CCCC3)NC(=O)N(CC(C)C#N)C1=O. The van der Waals surface area contributed by atoms with E-state index in [-0.39, 0.29) is 18.4 Å². The monoisotopic (exact) mass is 325 g/mol. The molecule has 0 spiro atoms. The molecule has 1 aromatic carbocycles. The van der Waals surface area contributed by atoms with Gasteiger partial charge in [-0.05, 0) is 55.7 Å². The molecule has 0 saturated carbocycles. The Kier molecular flexibility index (Phi) is 4.31. The molecule has 1 aliphatic heterocycles. The molecule has 1 N–H and O–H groups in total. The fourth-order valence-electron chi connectivity index (χ4n) is 3.74. The molecule has 3 amide bonds. The topological polar surface area (TPSA) is 73.2 Å². The second-order valence-electron chi connectivity index (χ2n) is 6.83. The zero-order valence-electron chi connectivity index (χ0n) is 14.3. The van der Waals surface area contributed by atoms with Crippen molar-refractivity contribution in [2.24, 2.45) is 5.92 Å². The summed E-state index contributed by atoms with van der Waals surface area (Å²) in [6.07, 6.45) is 4.98. The lowest BCUT2D eigenvalue weighted by molar-refractivity contribution is -0.132. The van der Waals surface area contributed by atoms with Crippen LogP contribution in [-0.2, 0) is 23.2 Å². The van der Waals surface area contributed by atoms with Gasteiger partial charge in [-0.1, -0.05) is 25.1 Å². The van der Waals surface area contributed by atoms with Crippen LogP contribution in [0.1, 0.15) is 49.8 Å². The Balaban J connectivity index is 1.96. The molecule has 2 aliphatic rings. The van der Waals surface area contributed by atoms with Crippen molar-refractivity contribution in [3.05, 3.63) is 34.9 Å². The summed E-state index contributed by atoms with van der Waals surface area (Å²) in [6, 6.07) is 7.85. The molecule has 2 unspecified atom stereocenters. The van der Waals surface area contributed by atoms with Crippen LogP contribution in [0.25, 0.3) is 0 Å². The molecule has 1 fully saturated rings. The standard InChI is InChI=1S/C19H23N3O2/c1-3-19(16-9-8-14-6-4-5-7-15(14)10-16)17(23)22(18(24)21-19)12-13(2)11-20/h8-10,13H,3-7,12H2,1-2H3,(H,21,24). The zero-order valence-corrected chi connectivity index (χ0v) is 14.3. The molecule has 5 heteroatoms. The summed E-state index contributed by atoms with van der Waals surface area (Å²) in [5.74, 6) is -0.622. The molecule has 24 heavy (non-hydrogen) atoms. The number of nitriles is 1. The van der Waals surface area contributed by atoms with E-state index >= 15 is 0 Å². The van der Waals surface area contributed by atoms with E-state index in [0.29, 0.717) is 6.42 Å². The summed E-state index contributed by atoms with van der Waals surface area (Å²) >= 11 is 0. The highest BCUT2D eigenvalue weighted by Gasteiger charge is 2.51. The molecule has 0 aromatic heterocycles. The van der Waals surface area contributed by atoms with Gasteiger partial charge in [0.2, 0.25) is 0 Å². The Morgan fingerprint density at radius 1 is 1.29 bits per heavy atom. The molecular formula is C19H23N3O2. The van der Waals surface area contributed by atoms with Crippen molar-refractivity contribution in [3.63, 3.8) is 0 Å². The van der Waals surface area contributed by atoms with Gasteiger partial charge in [-0.2, -0.15) is 5.26 Å². The highest BCUT2D eigenvalue weighted by molar-refractivity contribution is 6.07. The zero-order chi connectivity index (χ0) is 17.3. The summed E-state index contributed by atoms with van der Waals surface area (Å²) in [5.41, 5.74) is 2.50. The van der Waals surface area contributed by atoms with Crippen molar-refractivity contribution in [2.75, 3.05) is 6.54 Å². The van der Waals surface area contributed by atoms with Gasteiger partial charge in [-0.25, -0.2) is 4.79 Å². The number of hydrogen-bond donors (Lipinski definition) is 1. The van der Waals surface area contributed by atoms with Crippen molar-refractivity contribution < 1.29 is 9.59 Å². The minimum Gasteiger partial charge on any atom is -0.319 e. The third-order valence-electron chi connectivity index (χ3n) is 5.22. The number of hydrogen-bond acceptors (Lipinski definition) is 3. The van der Waals surface area contributed by atoms with Crippen LogP contribution in [0, 0.1) is 17.2 Å². The van der Waals surface area contributed by atoms with Gasteiger partial charge in [-0.3, -0.25) is 9.69 Å². The first-order chi connectivity index (χ1) is 11.5. The van der Waals surface area contributed by atoms with Gasteiger partial charge in [0.05, 0.1) is 12.0 Å². The van der Waals surface area contributed by atoms with Crippen LogP contribution in [-0.4, -0.2) is 23.4 Å². The fourth-order valence-corrected chi connectivity index (χ4v) is 3.74. The van der Waals surface area contributed by atoms with Crippen LogP contribution in [0.3, 0.4) is 0 Å². The molecule has 1 heterocycles. The van der Waals surface area contributed by atoms with Gasteiger partial charge in [0.25, 0.3) is 5.91 Å². The minimum atomic E-state index is -1.00. The number of nitrogens with zero attached hydrogens (tertiary/aromatic N) is 2. The normalized spacial score (nSPS) is 24.3. The second-order valence-corrected chi connectivity index (χ2v) is 6.83. The summed E-state index contributed by atoms with van der Waals surface area (Å²) in [7, 11) is 0. The molecule has 0 radical (unpaired) electrons. The van der Waals surface area contributed by atoms with E-state index in [1.165, 1.54) is 28.9 Å². The van der Waals surface area contributed by atoms with E-state index in [1.54, 1.807) is 6.92 Å². The number of rotatable bonds is 4. The molecule has 1 saturated heterocycles. The smallest absolute Gasteiger partial charge is 0.319 e. The Morgan fingerprint density at radius 3 is 2.67 bits per heavy atom. The van der Waals surface area contributed by atoms with Gasteiger partial charge >= 0.3 is 6.03 Å². The highest BCUT2D eigenvalue weighted by Crippen LogP contribution is 2.35. The van der Waals surface area contributed by atoms with Gasteiger partial charge in [0, 0.05) is 6.54 Å². The Labute approximate surface area is 142 Å². The number of amides is 3. The Bertz CT molecular complexity index is 722. The average molecular weight is 325 g/mol. The van der Waals surface area contributed by atoms with Crippen molar-refractivity contribution >= 4 is 11.9 Å². The summed E-state index contributed by atoms with van der Waals surface area (Å²) in [4.78, 5) is 26.6. The molecular weight excluding hydrogens is 302 g/mol. The van der Waals surface area contributed by atoms with E-state index in [0.717, 1.165) is 18.4 Å². The summed E-state index contributed by atoms with van der Waals surface area (Å²) < 4.78 is 0. The molecule has 3 rings (SSSR count). The molecule has 1 aromatic rings. The average Bonchev–Trinajstić information content (AvgIpc) is 2.86. The van der Waals surface area contributed by atoms with E-state index < -0.39 is 11.6 Å². The predicted octanol–water partition coefficient (Wildman–Crippen LogP) is 2.88. The highest BCUT2D eigenvalue weighted by atomic mass is 16.2. The van der Waals surface area contributed by atoms with Crippen molar-refractivity contribution in [1.29, 1.82) is 5.26 Å². The van der Waals surface area contributed by atoms with Crippen molar-refractivity contribution in [3.8, 4) is 6.07 Å². The van der Waals surface area contributed by atoms with Crippen molar-refractivity contribution in [2.45, 2.75) is 51.5 Å². The van der Waals surface area contributed by atoms with Crippen molar-refractivity contribution in [1.82, 2.24) is 10.2 Å². The maximum Gasteiger partial charge on any atom is 0.325 e. The largest absolute Gasteiger partial charge is 0.325 e. The van der Waals surface area contributed by atoms with Crippen LogP contribution in [0.15, 0.2) is 18.2 Å². The summed E-state index contributed by atoms with van der Waals surface area (Å²) in [6.45, 7) is 3.76. The number of nitrogens with one attached hydrogen (secondary N) is 1. The van der Waals surface area contributed by atoms with E-state index in [1.807, 2.05) is 13.0 Å². The van der Waals surface area contributed by atoms with E-state index in [4.69, 9.17) is 5.26 Å². The number of fused-ring (bicyclic) bond motifs is 1.